The molecule has 0 amide bonds. The Morgan fingerprint density at radius 2 is 1.90 bits per heavy atom. The van der Waals surface area contributed by atoms with Gasteiger partial charge in [-0.25, -0.2) is 0 Å². The highest BCUT2D eigenvalue weighted by Crippen LogP contribution is 2.70. The summed E-state index contributed by atoms with van der Waals surface area (Å²) in [4.78, 5) is 0. The van der Waals surface area contributed by atoms with Crippen LogP contribution in [-0.4, -0.2) is 23.9 Å². The van der Waals surface area contributed by atoms with Crippen molar-refractivity contribution in [3.05, 3.63) is 0 Å². The molecule has 0 heterocycles. The SMILES string of the molecule is CCOC1CCCC(O)C1[C@H]1C[C@@H]2CC[C@@]1(C)C2(C)C. The molecule has 0 aromatic heterocycles. The number of hydrogen-bond acceptors (Lipinski definition) is 2. The summed E-state index contributed by atoms with van der Waals surface area (Å²) < 4.78 is 6.04. The molecule has 3 unspecified atom stereocenters. The van der Waals surface area contributed by atoms with Crippen LogP contribution in [-0.2, 0) is 4.74 Å². The van der Waals surface area contributed by atoms with Gasteiger partial charge in [0, 0.05) is 12.5 Å². The highest BCUT2D eigenvalue weighted by molar-refractivity contribution is 5.13. The van der Waals surface area contributed by atoms with Gasteiger partial charge in [0.15, 0.2) is 0 Å². The first-order chi connectivity index (χ1) is 9.41. The summed E-state index contributed by atoms with van der Waals surface area (Å²) in [5.74, 6) is 1.88. The predicted octanol–water partition coefficient (Wildman–Crippen LogP) is 4.01. The minimum Gasteiger partial charge on any atom is -0.393 e. The van der Waals surface area contributed by atoms with Gasteiger partial charge in [-0.1, -0.05) is 20.8 Å². The Labute approximate surface area is 124 Å². The maximum atomic E-state index is 10.7. The normalized spacial score (nSPS) is 50.5. The fraction of sp³-hybridized carbons (Fsp3) is 1.00. The van der Waals surface area contributed by atoms with Gasteiger partial charge >= 0.3 is 0 Å². The Morgan fingerprint density at radius 1 is 1.15 bits per heavy atom. The van der Waals surface area contributed by atoms with Crippen LogP contribution in [0.5, 0.6) is 0 Å². The molecule has 1 N–H and O–H groups in total. The van der Waals surface area contributed by atoms with Crippen LogP contribution in [0.3, 0.4) is 0 Å². The van der Waals surface area contributed by atoms with Crippen molar-refractivity contribution in [2.24, 2.45) is 28.6 Å². The minimum absolute atomic E-state index is 0.141. The van der Waals surface area contributed by atoms with Gasteiger partial charge in [0.1, 0.15) is 0 Å². The standard InChI is InChI=1S/C18H32O2/c1-5-20-15-8-6-7-14(19)16(15)13-11-12-9-10-18(13,4)17(12,2)3/h12-16,19H,5-11H2,1-4H3/t12-,13+,14?,15?,16?,18+/m0/s1. The molecule has 6 atom stereocenters. The lowest BCUT2D eigenvalue weighted by Crippen LogP contribution is -2.48. The first-order valence-corrected chi connectivity index (χ1v) is 8.71. The van der Waals surface area contributed by atoms with E-state index in [-0.39, 0.29) is 6.10 Å². The van der Waals surface area contributed by atoms with Crippen LogP contribution in [0, 0.1) is 28.6 Å². The van der Waals surface area contributed by atoms with Gasteiger partial charge in [-0.05, 0) is 68.1 Å². The third-order valence-electron chi connectivity index (χ3n) is 7.57. The fourth-order valence-electron chi connectivity index (χ4n) is 5.94. The second kappa shape index (κ2) is 4.98. The molecule has 2 nitrogen and oxygen atoms in total. The Kier molecular flexibility index (Phi) is 3.70. The van der Waals surface area contributed by atoms with Crippen LogP contribution in [0.25, 0.3) is 0 Å². The Morgan fingerprint density at radius 3 is 2.45 bits per heavy atom. The molecule has 20 heavy (non-hydrogen) atoms. The van der Waals surface area contributed by atoms with Crippen LogP contribution in [0.1, 0.15) is 66.2 Å². The van der Waals surface area contributed by atoms with Crippen molar-refractivity contribution in [3.8, 4) is 0 Å². The molecule has 3 aliphatic carbocycles. The number of fused-ring (bicyclic) bond motifs is 2. The molecule has 2 heteroatoms. The second-order valence-corrected chi connectivity index (χ2v) is 8.29. The molecule has 0 saturated heterocycles. The maximum absolute atomic E-state index is 10.7. The van der Waals surface area contributed by atoms with Crippen LogP contribution in [0.2, 0.25) is 0 Å². The first kappa shape index (κ1) is 14.8. The van der Waals surface area contributed by atoms with Gasteiger partial charge in [-0.15, -0.1) is 0 Å². The molecule has 2 bridgehead atoms. The molecule has 3 fully saturated rings. The van der Waals surface area contributed by atoms with Gasteiger partial charge in [-0.2, -0.15) is 0 Å². The maximum Gasteiger partial charge on any atom is 0.0630 e. The summed E-state index contributed by atoms with van der Waals surface area (Å²) in [7, 11) is 0. The zero-order chi connectivity index (χ0) is 14.5. The van der Waals surface area contributed by atoms with Crippen molar-refractivity contribution in [3.63, 3.8) is 0 Å². The van der Waals surface area contributed by atoms with Crippen LogP contribution in [0.15, 0.2) is 0 Å². The molecule has 116 valence electrons. The number of rotatable bonds is 3. The van der Waals surface area contributed by atoms with Gasteiger partial charge < -0.3 is 9.84 Å². The average molecular weight is 280 g/mol. The number of aliphatic hydroxyl groups excluding tert-OH is 1. The van der Waals surface area contributed by atoms with E-state index in [4.69, 9.17) is 4.74 Å². The fourth-order valence-corrected chi connectivity index (χ4v) is 5.94. The van der Waals surface area contributed by atoms with Gasteiger partial charge in [-0.3, -0.25) is 0 Å². The number of ether oxygens (including phenoxy) is 1. The summed E-state index contributed by atoms with van der Waals surface area (Å²) in [6.07, 6.45) is 7.45. The Bertz CT molecular complexity index is 362. The molecular weight excluding hydrogens is 248 g/mol. The lowest BCUT2D eigenvalue weighted by molar-refractivity contribution is -0.110. The Balaban J connectivity index is 1.87. The van der Waals surface area contributed by atoms with E-state index in [9.17, 15) is 5.11 Å². The largest absolute Gasteiger partial charge is 0.393 e. The third kappa shape index (κ3) is 1.90. The van der Waals surface area contributed by atoms with Crippen molar-refractivity contribution in [2.45, 2.75) is 78.4 Å². The van der Waals surface area contributed by atoms with E-state index in [1.54, 1.807) is 0 Å². The molecule has 3 aliphatic rings. The number of aliphatic hydroxyl groups is 1. The van der Waals surface area contributed by atoms with E-state index >= 15 is 0 Å². The summed E-state index contributed by atoms with van der Waals surface area (Å²) in [6, 6.07) is 0. The molecule has 0 radical (unpaired) electrons. The van der Waals surface area contributed by atoms with Crippen molar-refractivity contribution in [1.29, 1.82) is 0 Å². The third-order valence-corrected chi connectivity index (χ3v) is 7.57. The minimum atomic E-state index is -0.141. The zero-order valence-electron chi connectivity index (χ0n) is 13.7. The van der Waals surface area contributed by atoms with Crippen molar-refractivity contribution < 1.29 is 9.84 Å². The average Bonchev–Trinajstić information content (AvgIpc) is 2.72. The monoisotopic (exact) mass is 280 g/mol. The van der Waals surface area contributed by atoms with E-state index in [1.165, 1.54) is 19.3 Å². The molecule has 3 rings (SSSR count). The van der Waals surface area contributed by atoms with Gasteiger partial charge in [0.25, 0.3) is 0 Å². The summed E-state index contributed by atoms with van der Waals surface area (Å²) in [5.41, 5.74) is 0.835. The van der Waals surface area contributed by atoms with E-state index in [0.29, 0.717) is 28.8 Å². The molecule has 0 spiro atoms. The summed E-state index contributed by atoms with van der Waals surface area (Å²) in [6.45, 7) is 10.3. The first-order valence-electron chi connectivity index (χ1n) is 8.71. The number of hydrogen-bond donors (Lipinski definition) is 1. The van der Waals surface area contributed by atoms with E-state index in [2.05, 4.69) is 27.7 Å². The molecular formula is C18H32O2. The summed E-state index contributed by atoms with van der Waals surface area (Å²) in [5, 5.41) is 10.7. The van der Waals surface area contributed by atoms with Crippen LogP contribution < -0.4 is 0 Å². The van der Waals surface area contributed by atoms with Crippen LogP contribution >= 0.6 is 0 Å². The van der Waals surface area contributed by atoms with E-state index < -0.39 is 0 Å². The molecule has 0 aliphatic heterocycles. The van der Waals surface area contributed by atoms with E-state index in [1.807, 2.05) is 0 Å². The molecule has 0 aromatic rings. The predicted molar refractivity (Wildman–Crippen MR) is 81.5 cm³/mol. The summed E-state index contributed by atoms with van der Waals surface area (Å²) >= 11 is 0. The smallest absolute Gasteiger partial charge is 0.0630 e. The highest BCUT2D eigenvalue weighted by Gasteiger charge is 2.64. The zero-order valence-corrected chi connectivity index (χ0v) is 13.7. The van der Waals surface area contributed by atoms with Gasteiger partial charge in [0.05, 0.1) is 12.2 Å². The van der Waals surface area contributed by atoms with E-state index in [0.717, 1.165) is 31.8 Å². The Hall–Kier alpha value is -0.0800. The molecule has 3 saturated carbocycles. The lowest BCUT2D eigenvalue weighted by atomic mass is 9.60. The van der Waals surface area contributed by atoms with Crippen molar-refractivity contribution >= 4 is 0 Å². The van der Waals surface area contributed by atoms with Gasteiger partial charge in [0.2, 0.25) is 0 Å². The van der Waals surface area contributed by atoms with Crippen LogP contribution in [0.4, 0.5) is 0 Å². The molecule has 0 aromatic carbocycles. The van der Waals surface area contributed by atoms with Crippen molar-refractivity contribution in [1.82, 2.24) is 0 Å². The lowest BCUT2D eigenvalue weighted by Gasteiger charge is -2.48. The quantitative estimate of drug-likeness (QED) is 0.846. The highest BCUT2D eigenvalue weighted by atomic mass is 16.5. The van der Waals surface area contributed by atoms with Crippen molar-refractivity contribution in [2.75, 3.05) is 6.61 Å². The second-order valence-electron chi connectivity index (χ2n) is 8.29. The topological polar surface area (TPSA) is 29.5 Å².